The van der Waals surface area contributed by atoms with Gasteiger partial charge < -0.3 is 16.2 Å². The second kappa shape index (κ2) is 5.62. The van der Waals surface area contributed by atoms with Crippen molar-refractivity contribution in [2.75, 3.05) is 0 Å². The minimum atomic E-state index is -0.923. The van der Waals surface area contributed by atoms with E-state index >= 15 is 0 Å². The summed E-state index contributed by atoms with van der Waals surface area (Å²) in [5.74, 6) is -1.27. The third kappa shape index (κ3) is 4.00. The summed E-state index contributed by atoms with van der Waals surface area (Å²) < 4.78 is 0. The molecular formula is C10H14N2O3S. The summed E-state index contributed by atoms with van der Waals surface area (Å²) in [7, 11) is 0. The van der Waals surface area contributed by atoms with Crippen LogP contribution in [-0.2, 0) is 11.3 Å². The van der Waals surface area contributed by atoms with Crippen LogP contribution in [0.4, 0.5) is 0 Å². The Morgan fingerprint density at radius 2 is 2.31 bits per heavy atom. The number of amides is 1. The number of nitrogens with two attached hydrogens (primary N) is 1. The molecule has 1 amide bonds. The summed E-state index contributed by atoms with van der Waals surface area (Å²) in [4.78, 5) is 22.2. The van der Waals surface area contributed by atoms with Gasteiger partial charge in [-0.1, -0.05) is 0 Å². The maximum absolute atomic E-state index is 10.6. The molecular weight excluding hydrogens is 228 g/mol. The van der Waals surface area contributed by atoms with Gasteiger partial charge in [-0.05, 0) is 13.0 Å². The molecule has 0 saturated heterocycles. The maximum Gasteiger partial charge on any atom is 0.336 e. The lowest BCUT2D eigenvalue weighted by Crippen LogP contribution is -2.30. The second-order valence-corrected chi connectivity index (χ2v) is 4.56. The summed E-state index contributed by atoms with van der Waals surface area (Å²) >= 11 is 1.38. The largest absolute Gasteiger partial charge is 0.478 e. The van der Waals surface area contributed by atoms with Gasteiger partial charge in [0.15, 0.2) is 0 Å². The van der Waals surface area contributed by atoms with Gasteiger partial charge in [-0.2, -0.15) is 0 Å². The predicted octanol–water partition coefficient (Wildman–Crippen LogP) is 0.800. The molecule has 16 heavy (non-hydrogen) atoms. The Labute approximate surface area is 97.3 Å². The first kappa shape index (κ1) is 12.7. The van der Waals surface area contributed by atoms with Gasteiger partial charge >= 0.3 is 5.97 Å². The van der Waals surface area contributed by atoms with E-state index < -0.39 is 5.97 Å². The van der Waals surface area contributed by atoms with Crippen molar-refractivity contribution >= 4 is 23.2 Å². The number of carbonyl (C=O) groups is 2. The molecule has 1 heterocycles. The van der Waals surface area contributed by atoms with Gasteiger partial charge in [-0.3, -0.25) is 4.79 Å². The number of rotatable bonds is 6. The molecule has 1 atom stereocenters. The van der Waals surface area contributed by atoms with Crippen LogP contribution >= 0.6 is 11.3 Å². The monoisotopic (exact) mass is 242 g/mol. The van der Waals surface area contributed by atoms with E-state index in [4.69, 9.17) is 10.8 Å². The highest BCUT2D eigenvalue weighted by Gasteiger charge is 2.08. The van der Waals surface area contributed by atoms with Crippen molar-refractivity contribution in [3.8, 4) is 0 Å². The van der Waals surface area contributed by atoms with Crippen molar-refractivity contribution in [3.63, 3.8) is 0 Å². The van der Waals surface area contributed by atoms with E-state index in [2.05, 4.69) is 5.32 Å². The number of primary amides is 1. The van der Waals surface area contributed by atoms with E-state index in [9.17, 15) is 9.59 Å². The zero-order valence-corrected chi connectivity index (χ0v) is 9.71. The van der Waals surface area contributed by atoms with Crippen molar-refractivity contribution in [2.45, 2.75) is 25.9 Å². The lowest BCUT2D eigenvalue weighted by molar-refractivity contribution is -0.118. The SMILES string of the molecule is CC(CC(N)=O)NCc1cc(C(=O)O)cs1. The van der Waals surface area contributed by atoms with E-state index in [-0.39, 0.29) is 18.4 Å². The molecule has 0 aliphatic rings. The molecule has 0 aliphatic heterocycles. The number of hydrogen-bond donors (Lipinski definition) is 3. The summed E-state index contributed by atoms with van der Waals surface area (Å²) in [5.41, 5.74) is 5.35. The summed E-state index contributed by atoms with van der Waals surface area (Å²) in [6, 6.07) is 1.62. The molecule has 0 fully saturated rings. The highest BCUT2D eigenvalue weighted by atomic mass is 32.1. The van der Waals surface area contributed by atoms with Crippen molar-refractivity contribution in [1.29, 1.82) is 0 Å². The number of carbonyl (C=O) groups excluding carboxylic acids is 1. The smallest absolute Gasteiger partial charge is 0.336 e. The molecule has 1 rings (SSSR count). The average molecular weight is 242 g/mol. The molecule has 88 valence electrons. The molecule has 0 aromatic carbocycles. The normalized spacial score (nSPS) is 12.3. The van der Waals surface area contributed by atoms with Crippen LogP contribution in [0.3, 0.4) is 0 Å². The number of thiophene rings is 1. The molecule has 6 heteroatoms. The summed E-state index contributed by atoms with van der Waals surface area (Å²) in [5, 5.41) is 13.4. The molecule has 1 aromatic heterocycles. The number of nitrogens with one attached hydrogen (secondary N) is 1. The van der Waals surface area contributed by atoms with E-state index in [1.165, 1.54) is 11.3 Å². The molecule has 1 aromatic rings. The van der Waals surface area contributed by atoms with Crippen molar-refractivity contribution in [2.24, 2.45) is 5.73 Å². The van der Waals surface area contributed by atoms with E-state index in [0.29, 0.717) is 12.1 Å². The highest BCUT2D eigenvalue weighted by molar-refractivity contribution is 7.10. The fourth-order valence-electron chi connectivity index (χ4n) is 1.23. The summed E-state index contributed by atoms with van der Waals surface area (Å²) in [6.07, 6.45) is 0.275. The Balaban J connectivity index is 2.42. The van der Waals surface area contributed by atoms with Gasteiger partial charge in [-0.25, -0.2) is 4.79 Å². The van der Waals surface area contributed by atoms with E-state index in [0.717, 1.165) is 4.88 Å². The van der Waals surface area contributed by atoms with Crippen LogP contribution in [0.5, 0.6) is 0 Å². The number of hydrogen-bond acceptors (Lipinski definition) is 4. The Morgan fingerprint density at radius 3 is 2.81 bits per heavy atom. The molecule has 4 N–H and O–H groups in total. The number of aromatic carboxylic acids is 1. The van der Waals surface area contributed by atoms with Crippen molar-refractivity contribution < 1.29 is 14.7 Å². The quantitative estimate of drug-likeness (QED) is 0.688. The number of carboxylic acid groups (broad SMARTS) is 1. The van der Waals surface area contributed by atoms with Crippen LogP contribution in [0.1, 0.15) is 28.6 Å². The van der Waals surface area contributed by atoms with Crippen LogP contribution < -0.4 is 11.1 Å². The van der Waals surface area contributed by atoms with Crippen LogP contribution in [0.2, 0.25) is 0 Å². The minimum absolute atomic E-state index is 0.00659. The fourth-order valence-corrected chi connectivity index (χ4v) is 2.04. The first-order valence-electron chi connectivity index (χ1n) is 4.81. The lowest BCUT2D eigenvalue weighted by atomic mass is 10.2. The summed E-state index contributed by atoms with van der Waals surface area (Å²) in [6.45, 7) is 2.41. The van der Waals surface area contributed by atoms with Crippen LogP contribution in [0.25, 0.3) is 0 Å². The Morgan fingerprint density at radius 1 is 1.62 bits per heavy atom. The minimum Gasteiger partial charge on any atom is -0.478 e. The molecule has 5 nitrogen and oxygen atoms in total. The third-order valence-corrected chi connectivity index (χ3v) is 2.97. The molecule has 0 saturated carbocycles. The molecule has 0 bridgehead atoms. The highest BCUT2D eigenvalue weighted by Crippen LogP contribution is 2.14. The topological polar surface area (TPSA) is 92.4 Å². The number of carboxylic acids is 1. The maximum atomic E-state index is 10.6. The van der Waals surface area contributed by atoms with Gasteiger partial charge in [0, 0.05) is 29.3 Å². The average Bonchev–Trinajstić information content (AvgIpc) is 2.61. The van der Waals surface area contributed by atoms with Gasteiger partial charge in [-0.15, -0.1) is 11.3 Å². The van der Waals surface area contributed by atoms with Gasteiger partial charge in [0.1, 0.15) is 0 Å². The molecule has 0 aliphatic carbocycles. The van der Waals surface area contributed by atoms with E-state index in [1.807, 2.05) is 6.92 Å². The first-order chi connectivity index (χ1) is 7.49. The molecule has 0 radical (unpaired) electrons. The van der Waals surface area contributed by atoms with Crippen molar-refractivity contribution in [3.05, 3.63) is 21.9 Å². The third-order valence-electron chi connectivity index (χ3n) is 2.03. The fraction of sp³-hybridized carbons (Fsp3) is 0.400. The molecule has 1 unspecified atom stereocenters. The molecule has 0 spiro atoms. The Hall–Kier alpha value is -1.40. The zero-order chi connectivity index (χ0) is 12.1. The van der Waals surface area contributed by atoms with Gasteiger partial charge in [0.25, 0.3) is 0 Å². The van der Waals surface area contributed by atoms with Crippen LogP contribution in [0, 0.1) is 0 Å². The van der Waals surface area contributed by atoms with Gasteiger partial charge in [0.2, 0.25) is 5.91 Å². The lowest BCUT2D eigenvalue weighted by Gasteiger charge is -2.10. The Bertz CT molecular complexity index is 389. The second-order valence-electron chi connectivity index (χ2n) is 3.56. The van der Waals surface area contributed by atoms with Crippen molar-refractivity contribution in [1.82, 2.24) is 5.32 Å². The first-order valence-corrected chi connectivity index (χ1v) is 5.69. The standard InChI is InChI=1S/C10H14N2O3S/c1-6(2-9(11)13)12-4-8-3-7(5-16-8)10(14)15/h3,5-6,12H,2,4H2,1H3,(H2,11,13)(H,14,15). The predicted molar refractivity (Wildman–Crippen MR) is 61.4 cm³/mol. The van der Waals surface area contributed by atoms with Gasteiger partial charge in [0.05, 0.1) is 5.56 Å². The Kier molecular flexibility index (Phi) is 4.45. The van der Waals surface area contributed by atoms with E-state index in [1.54, 1.807) is 11.4 Å². The zero-order valence-electron chi connectivity index (χ0n) is 8.90. The van der Waals surface area contributed by atoms with Crippen LogP contribution in [-0.4, -0.2) is 23.0 Å². The van der Waals surface area contributed by atoms with Crippen LogP contribution in [0.15, 0.2) is 11.4 Å².